The lowest BCUT2D eigenvalue weighted by Crippen LogP contribution is -1.97. The molecule has 0 fully saturated rings. The highest BCUT2D eigenvalue weighted by atomic mass is 79.9. The summed E-state index contributed by atoms with van der Waals surface area (Å²) in [6.07, 6.45) is 0.505. The molecule has 0 saturated heterocycles. The van der Waals surface area contributed by atoms with Crippen molar-refractivity contribution < 1.29 is 9.90 Å². The Morgan fingerprint density at radius 2 is 2.23 bits per heavy atom. The maximum atomic E-state index is 11.3. The monoisotopic (exact) mass is 242 g/mol. The second-order valence-electron chi connectivity index (χ2n) is 2.74. The van der Waals surface area contributed by atoms with Crippen LogP contribution in [0.4, 0.5) is 0 Å². The topological polar surface area (TPSA) is 37.3 Å². The van der Waals surface area contributed by atoms with Crippen molar-refractivity contribution in [1.82, 2.24) is 0 Å². The molecule has 1 aromatic carbocycles. The first-order valence-corrected chi connectivity index (χ1v) is 4.90. The Kier molecular flexibility index (Phi) is 3.63. The van der Waals surface area contributed by atoms with Crippen molar-refractivity contribution in [2.75, 3.05) is 0 Å². The molecule has 0 amide bonds. The van der Waals surface area contributed by atoms with E-state index in [1.807, 2.05) is 6.92 Å². The fourth-order valence-electron chi connectivity index (χ4n) is 1.05. The first-order valence-electron chi connectivity index (χ1n) is 4.11. The molecule has 0 radical (unpaired) electrons. The number of rotatable bonds is 3. The largest absolute Gasteiger partial charge is 0.392 e. The molecular formula is C10H11BrO2. The predicted octanol–water partition coefficient (Wildman–Crippen LogP) is 2.53. The van der Waals surface area contributed by atoms with Crippen molar-refractivity contribution in [3.63, 3.8) is 0 Å². The minimum absolute atomic E-state index is 0.0127. The van der Waals surface area contributed by atoms with E-state index in [-0.39, 0.29) is 12.4 Å². The van der Waals surface area contributed by atoms with E-state index in [9.17, 15) is 4.79 Å². The number of carbonyl (C=O) groups is 1. The minimum atomic E-state index is -0.0127. The van der Waals surface area contributed by atoms with Crippen LogP contribution in [0.5, 0.6) is 0 Å². The Bertz CT molecular complexity index is 321. The maximum Gasteiger partial charge on any atom is 0.162 e. The summed E-state index contributed by atoms with van der Waals surface area (Å²) in [5, 5.41) is 8.89. The van der Waals surface area contributed by atoms with Crippen LogP contribution in [0.25, 0.3) is 0 Å². The van der Waals surface area contributed by atoms with E-state index in [1.165, 1.54) is 0 Å². The second-order valence-corrected chi connectivity index (χ2v) is 3.60. The molecular weight excluding hydrogens is 232 g/mol. The Balaban J connectivity index is 3.02. The van der Waals surface area contributed by atoms with E-state index < -0.39 is 0 Å². The molecule has 0 atom stereocenters. The third kappa shape index (κ3) is 2.39. The van der Waals surface area contributed by atoms with Crippen molar-refractivity contribution in [3.05, 3.63) is 33.8 Å². The van der Waals surface area contributed by atoms with Crippen LogP contribution < -0.4 is 0 Å². The highest BCUT2D eigenvalue weighted by molar-refractivity contribution is 9.10. The van der Waals surface area contributed by atoms with Crippen molar-refractivity contribution in [2.24, 2.45) is 0 Å². The highest BCUT2D eigenvalue weighted by Crippen LogP contribution is 2.19. The molecule has 2 nitrogen and oxygen atoms in total. The number of halogens is 1. The first kappa shape index (κ1) is 10.4. The smallest absolute Gasteiger partial charge is 0.162 e. The molecule has 3 heteroatoms. The highest BCUT2D eigenvalue weighted by Gasteiger charge is 2.05. The zero-order chi connectivity index (χ0) is 9.84. The Hall–Kier alpha value is -0.670. The average Bonchev–Trinajstić information content (AvgIpc) is 2.16. The number of carbonyl (C=O) groups excluding carboxylic acids is 1. The van der Waals surface area contributed by atoms with Gasteiger partial charge in [0.05, 0.1) is 6.61 Å². The van der Waals surface area contributed by atoms with Crippen LogP contribution in [-0.2, 0) is 6.61 Å². The summed E-state index contributed by atoms with van der Waals surface area (Å²) in [5.41, 5.74) is 1.49. The van der Waals surface area contributed by atoms with Crippen LogP contribution in [0, 0.1) is 0 Å². The van der Waals surface area contributed by atoms with E-state index in [0.29, 0.717) is 12.0 Å². The van der Waals surface area contributed by atoms with Crippen LogP contribution >= 0.6 is 15.9 Å². The van der Waals surface area contributed by atoms with Crippen molar-refractivity contribution in [3.8, 4) is 0 Å². The molecule has 0 heterocycles. The fourth-order valence-corrected chi connectivity index (χ4v) is 1.56. The molecule has 0 bridgehead atoms. The van der Waals surface area contributed by atoms with Gasteiger partial charge < -0.3 is 5.11 Å². The van der Waals surface area contributed by atoms with Gasteiger partial charge in [-0.2, -0.15) is 0 Å². The molecule has 1 aromatic rings. The summed E-state index contributed by atoms with van der Waals surface area (Å²) in [6.45, 7) is 1.82. The number of benzene rings is 1. The van der Waals surface area contributed by atoms with Gasteiger partial charge in [0, 0.05) is 16.5 Å². The van der Waals surface area contributed by atoms with Crippen LogP contribution in [0.1, 0.15) is 29.3 Å². The van der Waals surface area contributed by atoms with Gasteiger partial charge in [-0.1, -0.05) is 35.0 Å². The Morgan fingerprint density at radius 1 is 1.54 bits per heavy atom. The summed E-state index contributed by atoms with van der Waals surface area (Å²) in [7, 11) is 0. The first-order chi connectivity index (χ1) is 6.19. The molecule has 0 spiro atoms. The van der Waals surface area contributed by atoms with Gasteiger partial charge in [-0.25, -0.2) is 0 Å². The molecule has 0 aliphatic carbocycles. The summed E-state index contributed by atoms with van der Waals surface area (Å²) in [6, 6.07) is 5.24. The molecule has 13 heavy (non-hydrogen) atoms. The number of ketones is 1. The zero-order valence-electron chi connectivity index (χ0n) is 7.38. The van der Waals surface area contributed by atoms with Crippen molar-refractivity contribution >= 4 is 21.7 Å². The molecule has 1 rings (SSSR count). The quantitative estimate of drug-likeness (QED) is 0.828. The SMILES string of the molecule is CCC(=O)c1ccc(CO)c(Br)c1. The Morgan fingerprint density at radius 3 is 2.69 bits per heavy atom. The number of aliphatic hydroxyl groups excluding tert-OH is 1. The van der Waals surface area contributed by atoms with Gasteiger partial charge in [-0.05, 0) is 11.6 Å². The van der Waals surface area contributed by atoms with Gasteiger partial charge >= 0.3 is 0 Å². The van der Waals surface area contributed by atoms with Gasteiger partial charge in [0.1, 0.15) is 0 Å². The van der Waals surface area contributed by atoms with Crippen molar-refractivity contribution in [2.45, 2.75) is 20.0 Å². The van der Waals surface area contributed by atoms with Gasteiger partial charge in [0.25, 0.3) is 0 Å². The molecule has 0 aliphatic heterocycles. The number of aliphatic hydroxyl groups is 1. The van der Waals surface area contributed by atoms with E-state index in [4.69, 9.17) is 5.11 Å². The molecule has 1 N–H and O–H groups in total. The van der Waals surface area contributed by atoms with E-state index in [0.717, 1.165) is 10.0 Å². The number of hydrogen-bond donors (Lipinski definition) is 1. The fraction of sp³-hybridized carbons (Fsp3) is 0.300. The van der Waals surface area contributed by atoms with Gasteiger partial charge in [0.2, 0.25) is 0 Å². The van der Waals surface area contributed by atoms with Gasteiger partial charge in [0.15, 0.2) is 5.78 Å². The predicted molar refractivity (Wildman–Crippen MR) is 54.7 cm³/mol. The molecule has 0 saturated carbocycles. The lowest BCUT2D eigenvalue weighted by molar-refractivity contribution is 0.0988. The third-order valence-corrected chi connectivity index (χ3v) is 2.60. The second kappa shape index (κ2) is 4.53. The van der Waals surface area contributed by atoms with E-state index in [2.05, 4.69) is 15.9 Å². The maximum absolute atomic E-state index is 11.3. The lowest BCUT2D eigenvalue weighted by atomic mass is 10.1. The average molecular weight is 243 g/mol. The molecule has 0 aliphatic rings. The van der Waals surface area contributed by atoms with E-state index in [1.54, 1.807) is 18.2 Å². The summed E-state index contributed by atoms with van der Waals surface area (Å²) in [4.78, 5) is 11.3. The van der Waals surface area contributed by atoms with E-state index >= 15 is 0 Å². The minimum Gasteiger partial charge on any atom is -0.392 e. The third-order valence-electron chi connectivity index (χ3n) is 1.87. The van der Waals surface area contributed by atoms with Crippen LogP contribution in [0.15, 0.2) is 22.7 Å². The number of Topliss-reactive ketones (excluding diaryl/α,β-unsaturated/α-hetero) is 1. The summed E-state index contributed by atoms with van der Waals surface area (Å²) in [5.74, 6) is 0.116. The van der Waals surface area contributed by atoms with Gasteiger partial charge in [-0.15, -0.1) is 0 Å². The standard InChI is InChI=1S/C10H11BrO2/c1-2-10(13)7-3-4-8(6-12)9(11)5-7/h3-5,12H,2,6H2,1H3. The Labute approximate surface area is 85.7 Å². The summed E-state index contributed by atoms with van der Waals surface area (Å²) < 4.78 is 0.786. The van der Waals surface area contributed by atoms with Gasteiger partial charge in [-0.3, -0.25) is 4.79 Å². The van der Waals surface area contributed by atoms with Crippen LogP contribution in [-0.4, -0.2) is 10.9 Å². The van der Waals surface area contributed by atoms with Crippen LogP contribution in [0.2, 0.25) is 0 Å². The number of hydrogen-bond acceptors (Lipinski definition) is 2. The van der Waals surface area contributed by atoms with Crippen molar-refractivity contribution in [1.29, 1.82) is 0 Å². The zero-order valence-corrected chi connectivity index (χ0v) is 8.97. The van der Waals surface area contributed by atoms with Crippen LogP contribution in [0.3, 0.4) is 0 Å². The summed E-state index contributed by atoms with van der Waals surface area (Å²) >= 11 is 3.29. The lowest BCUT2D eigenvalue weighted by Gasteiger charge is -2.02. The molecule has 0 aromatic heterocycles. The molecule has 0 unspecified atom stereocenters. The molecule has 70 valence electrons. The normalized spacial score (nSPS) is 10.1.